The lowest BCUT2D eigenvalue weighted by Gasteiger charge is -2.02. The Hall–Kier alpha value is -3.52. The maximum atomic E-state index is 5.39. The smallest absolute Gasteiger partial charge is 0.235 e. The Morgan fingerprint density at radius 1 is 1.04 bits per heavy atom. The maximum Gasteiger partial charge on any atom is 0.235 e. The quantitative estimate of drug-likeness (QED) is 0.458. The fourth-order valence-corrected chi connectivity index (χ4v) is 3.85. The van der Waals surface area contributed by atoms with Gasteiger partial charge in [-0.05, 0) is 30.4 Å². The molecule has 0 aliphatic carbocycles. The van der Waals surface area contributed by atoms with Gasteiger partial charge in [-0.2, -0.15) is 9.61 Å². The molecule has 0 radical (unpaired) electrons. The first-order chi connectivity index (χ1) is 13.8. The van der Waals surface area contributed by atoms with Crippen molar-refractivity contribution in [2.75, 3.05) is 7.11 Å². The Labute approximate surface area is 164 Å². The molecule has 0 aliphatic heterocycles. The molecule has 0 N–H and O–H groups in total. The summed E-state index contributed by atoms with van der Waals surface area (Å²) in [6.45, 7) is 0.557. The minimum Gasteiger partial charge on any atom is -0.496 e. The molecule has 138 valence electrons. The predicted octanol–water partition coefficient (Wildman–Crippen LogP) is 3.76. The predicted molar refractivity (Wildman–Crippen MR) is 109 cm³/mol. The third-order valence-electron chi connectivity index (χ3n) is 4.45. The summed E-state index contributed by atoms with van der Waals surface area (Å²) in [5.74, 6) is 1.60. The molecule has 0 unspecified atom stereocenters. The van der Waals surface area contributed by atoms with Crippen LogP contribution >= 0.6 is 11.3 Å². The lowest BCUT2D eigenvalue weighted by Crippen LogP contribution is -2.04. The van der Waals surface area contributed by atoms with Crippen molar-refractivity contribution in [1.29, 1.82) is 0 Å². The molecule has 0 spiro atoms. The van der Waals surface area contributed by atoms with Crippen molar-refractivity contribution < 1.29 is 4.74 Å². The summed E-state index contributed by atoms with van der Waals surface area (Å²) in [5.41, 5.74) is 3.02. The topological polar surface area (TPSA) is 70.1 Å². The van der Waals surface area contributed by atoms with Crippen LogP contribution in [0.15, 0.2) is 54.9 Å². The number of rotatable bonds is 5. The lowest BCUT2D eigenvalue weighted by molar-refractivity contribution is 0.414. The number of imidazole rings is 1. The Balaban J connectivity index is 1.45. The number of para-hydroxylation sites is 3. The normalized spacial score (nSPS) is 11.8. The Morgan fingerprint density at radius 2 is 1.89 bits per heavy atom. The Kier molecular flexibility index (Phi) is 4.10. The number of nitrogens with zero attached hydrogens (tertiary/aromatic N) is 6. The van der Waals surface area contributed by atoms with E-state index in [1.54, 1.807) is 11.6 Å². The van der Waals surface area contributed by atoms with E-state index < -0.39 is 0 Å². The van der Waals surface area contributed by atoms with Crippen molar-refractivity contribution in [1.82, 2.24) is 29.4 Å². The molecule has 28 heavy (non-hydrogen) atoms. The SMILES string of the molecule is COc1ccccc1C=Cc1nn2c(Cn3cnc4ccccc43)nnc2s1. The van der Waals surface area contributed by atoms with Gasteiger partial charge in [-0.25, -0.2) is 4.98 Å². The van der Waals surface area contributed by atoms with E-state index in [4.69, 9.17) is 4.74 Å². The van der Waals surface area contributed by atoms with Crippen LogP contribution in [-0.2, 0) is 6.54 Å². The monoisotopic (exact) mass is 388 g/mol. The zero-order valence-electron chi connectivity index (χ0n) is 15.1. The second-order valence-corrected chi connectivity index (χ2v) is 7.17. The van der Waals surface area contributed by atoms with Gasteiger partial charge >= 0.3 is 0 Å². The van der Waals surface area contributed by atoms with Gasteiger partial charge in [-0.3, -0.25) is 0 Å². The van der Waals surface area contributed by atoms with E-state index >= 15 is 0 Å². The summed E-state index contributed by atoms with van der Waals surface area (Å²) in [6, 6.07) is 15.9. The van der Waals surface area contributed by atoms with Gasteiger partial charge in [0.05, 0.1) is 31.0 Å². The third kappa shape index (κ3) is 2.93. The molecule has 5 aromatic rings. The number of methoxy groups -OCH3 is 1. The van der Waals surface area contributed by atoms with Gasteiger partial charge in [0.15, 0.2) is 5.82 Å². The fourth-order valence-electron chi connectivity index (χ4n) is 3.09. The molecule has 3 heterocycles. The third-order valence-corrected chi connectivity index (χ3v) is 5.32. The number of aromatic nitrogens is 6. The molecule has 5 rings (SSSR count). The first-order valence-electron chi connectivity index (χ1n) is 8.74. The van der Waals surface area contributed by atoms with Crippen LogP contribution in [0.4, 0.5) is 0 Å². The minimum absolute atomic E-state index is 0.557. The van der Waals surface area contributed by atoms with E-state index in [2.05, 4.69) is 24.8 Å². The fraction of sp³-hybridized carbons (Fsp3) is 0.100. The zero-order valence-corrected chi connectivity index (χ0v) is 15.9. The number of hydrogen-bond acceptors (Lipinski definition) is 6. The molecule has 0 bridgehead atoms. The highest BCUT2D eigenvalue weighted by molar-refractivity contribution is 7.17. The highest BCUT2D eigenvalue weighted by Crippen LogP contribution is 2.22. The number of fused-ring (bicyclic) bond motifs is 2. The van der Waals surface area contributed by atoms with Crippen LogP contribution in [0, 0.1) is 0 Å². The standard InChI is InChI=1S/C20H16N6OS/c1-27-17-9-5-2-6-14(17)10-11-19-24-26-18(22-23-20(26)28-19)12-25-13-21-15-7-3-4-8-16(15)25/h2-11,13H,12H2,1H3. The van der Waals surface area contributed by atoms with Crippen LogP contribution in [0.3, 0.4) is 0 Å². The van der Waals surface area contributed by atoms with Gasteiger partial charge in [-0.1, -0.05) is 41.7 Å². The molecular weight excluding hydrogens is 372 g/mol. The van der Waals surface area contributed by atoms with E-state index in [-0.39, 0.29) is 0 Å². The summed E-state index contributed by atoms with van der Waals surface area (Å²) in [4.78, 5) is 5.19. The first kappa shape index (κ1) is 16.6. The van der Waals surface area contributed by atoms with Crippen LogP contribution in [-0.4, -0.2) is 36.5 Å². The molecule has 0 saturated carbocycles. The summed E-state index contributed by atoms with van der Waals surface area (Å²) < 4.78 is 9.23. The Bertz CT molecular complexity index is 1300. The van der Waals surface area contributed by atoms with Crippen molar-refractivity contribution in [2.24, 2.45) is 0 Å². The van der Waals surface area contributed by atoms with Crippen molar-refractivity contribution in [3.05, 3.63) is 71.3 Å². The van der Waals surface area contributed by atoms with E-state index in [0.717, 1.165) is 38.1 Å². The van der Waals surface area contributed by atoms with Crippen LogP contribution in [0.2, 0.25) is 0 Å². The average molecular weight is 388 g/mol. The van der Waals surface area contributed by atoms with Crippen LogP contribution in [0.1, 0.15) is 16.4 Å². The van der Waals surface area contributed by atoms with Crippen molar-refractivity contribution in [2.45, 2.75) is 6.54 Å². The molecule has 0 aliphatic rings. The van der Waals surface area contributed by atoms with E-state index in [1.807, 2.05) is 67.0 Å². The summed E-state index contributed by atoms with van der Waals surface area (Å²) in [6.07, 6.45) is 5.78. The number of hydrogen-bond donors (Lipinski definition) is 0. The highest BCUT2D eigenvalue weighted by atomic mass is 32.1. The van der Waals surface area contributed by atoms with Crippen LogP contribution in [0.25, 0.3) is 28.1 Å². The lowest BCUT2D eigenvalue weighted by atomic mass is 10.2. The molecule has 2 aromatic carbocycles. The van der Waals surface area contributed by atoms with Gasteiger partial charge < -0.3 is 9.30 Å². The summed E-state index contributed by atoms with van der Waals surface area (Å²) in [5, 5.41) is 14.1. The van der Waals surface area contributed by atoms with Gasteiger partial charge in [0.25, 0.3) is 0 Å². The molecule has 0 atom stereocenters. The van der Waals surface area contributed by atoms with Crippen LogP contribution in [0.5, 0.6) is 5.75 Å². The summed E-state index contributed by atoms with van der Waals surface area (Å²) in [7, 11) is 1.67. The number of ether oxygens (including phenoxy) is 1. The van der Waals surface area contributed by atoms with E-state index in [0.29, 0.717) is 6.54 Å². The largest absolute Gasteiger partial charge is 0.496 e. The van der Waals surface area contributed by atoms with Gasteiger partial charge in [0, 0.05) is 5.56 Å². The van der Waals surface area contributed by atoms with E-state index in [9.17, 15) is 0 Å². The Morgan fingerprint density at radius 3 is 2.82 bits per heavy atom. The second-order valence-electron chi connectivity index (χ2n) is 6.19. The maximum absolute atomic E-state index is 5.39. The highest BCUT2D eigenvalue weighted by Gasteiger charge is 2.12. The second kappa shape index (κ2) is 6.90. The minimum atomic E-state index is 0.557. The molecule has 7 nitrogen and oxygen atoms in total. The molecule has 0 fully saturated rings. The number of benzene rings is 2. The van der Waals surface area contributed by atoms with Gasteiger partial charge in [0.2, 0.25) is 4.96 Å². The summed E-state index contributed by atoms with van der Waals surface area (Å²) >= 11 is 1.49. The van der Waals surface area contributed by atoms with Crippen molar-refractivity contribution in [3.63, 3.8) is 0 Å². The first-order valence-corrected chi connectivity index (χ1v) is 9.55. The van der Waals surface area contributed by atoms with Crippen molar-refractivity contribution in [3.8, 4) is 5.75 Å². The molecule has 8 heteroatoms. The molecular formula is C20H16N6OS. The van der Waals surface area contributed by atoms with E-state index in [1.165, 1.54) is 11.3 Å². The molecule has 3 aromatic heterocycles. The zero-order chi connectivity index (χ0) is 18.9. The van der Waals surface area contributed by atoms with Crippen molar-refractivity contribution >= 4 is 39.5 Å². The van der Waals surface area contributed by atoms with Gasteiger partial charge in [0.1, 0.15) is 10.8 Å². The molecule has 0 amide bonds. The van der Waals surface area contributed by atoms with Gasteiger partial charge in [-0.15, -0.1) is 10.2 Å². The van der Waals surface area contributed by atoms with Crippen LogP contribution < -0.4 is 4.74 Å². The average Bonchev–Trinajstić information content (AvgIpc) is 3.43. The molecule has 0 saturated heterocycles.